The van der Waals surface area contributed by atoms with Crippen LogP contribution in [0.3, 0.4) is 0 Å². The van der Waals surface area contributed by atoms with Crippen LogP contribution in [-0.4, -0.2) is 19.9 Å². The first kappa shape index (κ1) is 11.0. The zero-order chi connectivity index (χ0) is 11.5. The molecule has 5 heteroatoms. The van der Waals surface area contributed by atoms with E-state index < -0.39 is 6.10 Å². The van der Waals surface area contributed by atoms with E-state index in [1.807, 2.05) is 37.3 Å². The van der Waals surface area contributed by atoms with E-state index >= 15 is 0 Å². The average molecular weight is 235 g/mol. The molecular weight excluding hydrogens is 222 g/mol. The molecule has 0 spiro atoms. The molecule has 1 aromatic carbocycles. The Morgan fingerprint density at radius 1 is 1.44 bits per heavy atom. The summed E-state index contributed by atoms with van der Waals surface area (Å²) in [6.45, 7) is 2.65. The largest absolute Gasteiger partial charge is 0.380 e. The molecule has 0 aliphatic rings. The van der Waals surface area contributed by atoms with Crippen LogP contribution >= 0.6 is 12.2 Å². The molecule has 0 radical (unpaired) electrons. The summed E-state index contributed by atoms with van der Waals surface area (Å²) >= 11 is 5.07. The summed E-state index contributed by atoms with van der Waals surface area (Å²) in [5, 5.41) is 16.9. The Labute approximate surface area is 98.6 Å². The molecule has 4 nitrogen and oxygen atoms in total. The van der Waals surface area contributed by atoms with Crippen molar-refractivity contribution in [2.75, 3.05) is 0 Å². The van der Waals surface area contributed by atoms with Gasteiger partial charge < -0.3 is 9.67 Å². The predicted molar refractivity (Wildman–Crippen MR) is 63.6 cm³/mol. The molecule has 0 aliphatic carbocycles. The summed E-state index contributed by atoms with van der Waals surface area (Å²) in [5.74, 6) is 0.554. The van der Waals surface area contributed by atoms with Crippen LogP contribution in [0.1, 0.15) is 24.4 Å². The fraction of sp³-hybridized carbons (Fsp3) is 0.273. The van der Waals surface area contributed by atoms with Gasteiger partial charge in [-0.15, -0.1) is 0 Å². The van der Waals surface area contributed by atoms with Gasteiger partial charge in [-0.3, -0.25) is 5.10 Å². The lowest BCUT2D eigenvalue weighted by molar-refractivity contribution is 0.204. The van der Waals surface area contributed by atoms with E-state index in [0.29, 0.717) is 17.1 Å². The summed E-state index contributed by atoms with van der Waals surface area (Å²) < 4.78 is 2.32. The van der Waals surface area contributed by atoms with E-state index in [9.17, 15) is 5.11 Å². The standard InChI is InChI=1S/C11H13N3OS/c1-2-14-10(12-13-11(14)16)9(15)8-6-4-3-5-7-8/h3-7,9,15H,2H2,1H3,(H,13,16). The third kappa shape index (κ3) is 1.91. The predicted octanol–water partition coefficient (Wildman–Crippen LogP) is 2.04. The van der Waals surface area contributed by atoms with Crippen LogP contribution in [0.4, 0.5) is 0 Å². The summed E-state index contributed by atoms with van der Waals surface area (Å²) in [5.41, 5.74) is 0.811. The highest BCUT2D eigenvalue weighted by molar-refractivity contribution is 7.71. The summed E-state index contributed by atoms with van der Waals surface area (Å²) in [7, 11) is 0. The number of nitrogens with zero attached hydrogens (tertiary/aromatic N) is 2. The second-order valence-corrected chi connectivity index (χ2v) is 3.83. The topological polar surface area (TPSA) is 53.8 Å². The molecule has 0 saturated carbocycles. The maximum absolute atomic E-state index is 10.2. The molecule has 1 heterocycles. The zero-order valence-electron chi connectivity index (χ0n) is 8.92. The van der Waals surface area contributed by atoms with Crippen molar-refractivity contribution in [2.24, 2.45) is 0 Å². The number of aliphatic hydroxyl groups is 1. The third-order valence-corrected chi connectivity index (χ3v) is 2.78. The summed E-state index contributed by atoms with van der Waals surface area (Å²) in [4.78, 5) is 0. The summed E-state index contributed by atoms with van der Waals surface area (Å²) in [6.07, 6.45) is -0.742. The van der Waals surface area contributed by atoms with Gasteiger partial charge in [0.2, 0.25) is 0 Å². The number of benzene rings is 1. The Morgan fingerprint density at radius 2 is 2.12 bits per heavy atom. The van der Waals surface area contributed by atoms with Gasteiger partial charge in [0.1, 0.15) is 6.10 Å². The maximum atomic E-state index is 10.2. The number of H-pyrrole nitrogens is 1. The molecule has 1 aromatic heterocycles. The Kier molecular flexibility index (Phi) is 3.17. The van der Waals surface area contributed by atoms with Gasteiger partial charge in [0.05, 0.1) is 0 Å². The molecule has 16 heavy (non-hydrogen) atoms. The fourth-order valence-electron chi connectivity index (χ4n) is 1.63. The highest BCUT2D eigenvalue weighted by atomic mass is 32.1. The monoisotopic (exact) mass is 235 g/mol. The van der Waals surface area contributed by atoms with Gasteiger partial charge >= 0.3 is 0 Å². The molecule has 84 valence electrons. The van der Waals surface area contributed by atoms with Gasteiger partial charge in [0, 0.05) is 6.54 Å². The highest BCUT2D eigenvalue weighted by Gasteiger charge is 2.16. The van der Waals surface area contributed by atoms with Crippen LogP contribution < -0.4 is 0 Å². The molecule has 0 aliphatic heterocycles. The molecule has 0 bridgehead atoms. The van der Waals surface area contributed by atoms with Crippen molar-refractivity contribution in [3.8, 4) is 0 Å². The number of hydrogen-bond donors (Lipinski definition) is 2. The van der Waals surface area contributed by atoms with Gasteiger partial charge in [-0.05, 0) is 24.7 Å². The Hall–Kier alpha value is -1.46. The molecule has 2 N–H and O–H groups in total. The number of rotatable bonds is 3. The van der Waals surface area contributed by atoms with Crippen LogP contribution in [0, 0.1) is 4.77 Å². The first-order valence-corrected chi connectivity index (χ1v) is 5.53. The number of aromatic nitrogens is 3. The minimum Gasteiger partial charge on any atom is -0.380 e. The van der Waals surface area contributed by atoms with Crippen LogP contribution in [0.25, 0.3) is 0 Å². The Bertz CT molecular complexity index is 518. The van der Waals surface area contributed by atoms with Crippen LogP contribution in [-0.2, 0) is 6.54 Å². The van der Waals surface area contributed by atoms with Crippen molar-refractivity contribution in [2.45, 2.75) is 19.6 Å². The molecule has 0 fully saturated rings. The zero-order valence-corrected chi connectivity index (χ0v) is 9.74. The fourth-order valence-corrected chi connectivity index (χ4v) is 1.90. The van der Waals surface area contributed by atoms with Crippen molar-refractivity contribution in [3.05, 3.63) is 46.5 Å². The molecule has 1 unspecified atom stereocenters. The van der Waals surface area contributed by atoms with Crippen molar-refractivity contribution < 1.29 is 5.11 Å². The van der Waals surface area contributed by atoms with Crippen molar-refractivity contribution in [1.82, 2.24) is 14.8 Å². The lowest BCUT2D eigenvalue weighted by atomic mass is 10.1. The smallest absolute Gasteiger partial charge is 0.195 e. The Morgan fingerprint density at radius 3 is 2.75 bits per heavy atom. The molecule has 2 aromatic rings. The number of aliphatic hydroxyl groups excluding tert-OH is 1. The lowest BCUT2D eigenvalue weighted by Gasteiger charge is -2.10. The van der Waals surface area contributed by atoms with Crippen molar-refractivity contribution in [3.63, 3.8) is 0 Å². The third-order valence-electron chi connectivity index (χ3n) is 2.46. The van der Waals surface area contributed by atoms with E-state index in [4.69, 9.17) is 12.2 Å². The number of hydrogen-bond acceptors (Lipinski definition) is 3. The molecule has 0 amide bonds. The normalized spacial score (nSPS) is 12.6. The van der Waals surface area contributed by atoms with Crippen molar-refractivity contribution >= 4 is 12.2 Å². The van der Waals surface area contributed by atoms with Crippen LogP contribution in [0.2, 0.25) is 0 Å². The average Bonchev–Trinajstić information content (AvgIpc) is 2.70. The molecule has 1 atom stereocenters. The summed E-state index contributed by atoms with van der Waals surface area (Å²) in [6, 6.07) is 9.41. The minimum absolute atomic E-state index is 0.535. The van der Waals surface area contributed by atoms with Crippen LogP contribution in [0.15, 0.2) is 30.3 Å². The first-order valence-electron chi connectivity index (χ1n) is 5.12. The van der Waals surface area contributed by atoms with Gasteiger partial charge in [-0.25, -0.2) is 0 Å². The first-order chi connectivity index (χ1) is 7.74. The van der Waals surface area contributed by atoms with Gasteiger partial charge in [0.15, 0.2) is 10.6 Å². The SMILES string of the molecule is CCn1c(C(O)c2ccccc2)n[nH]c1=S. The van der Waals surface area contributed by atoms with E-state index in [-0.39, 0.29) is 0 Å². The quantitative estimate of drug-likeness (QED) is 0.800. The van der Waals surface area contributed by atoms with Gasteiger partial charge in [0.25, 0.3) is 0 Å². The highest BCUT2D eigenvalue weighted by Crippen LogP contribution is 2.19. The Balaban J connectivity index is 2.42. The van der Waals surface area contributed by atoms with Gasteiger partial charge in [-0.2, -0.15) is 5.10 Å². The maximum Gasteiger partial charge on any atom is 0.195 e. The number of nitrogens with one attached hydrogen (secondary N) is 1. The molecule has 2 rings (SSSR count). The molecular formula is C11H13N3OS. The van der Waals surface area contributed by atoms with Crippen LogP contribution in [0.5, 0.6) is 0 Å². The number of aromatic amines is 1. The second-order valence-electron chi connectivity index (χ2n) is 3.44. The van der Waals surface area contributed by atoms with E-state index in [1.165, 1.54) is 0 Å². The molecule has 0 saturated heterocycles. The second kappa shape index (κ2) is 4.59. The van der Waals surface area contributed by atoms with E-state index in [2.05, 4.69) is 10.2 Å². The van der Waals surface area contributed by atoms with E-state index in [1.54, 1.807) is 4.57 Å². The van der Waals surface area contributed by atoms with Crippen molar-refractivity contribution in [1.29, 1.82) is 0 Å². The van der Waals surface area contributed by atoms with Gasteiger partial charge in [-0.1, -0.05) is 30.3 Å². The van der Waals surface area contributed by atoms with E-state index in [0.717, 1.165) is 5.56 Å². The lowest BCUT2D eigenvalue weighted by Crippen LogP contribution is -2.09. The minimum atomic E-state index is -0.742.